The first-order valence-corrected chi connectivity index (χ1v) is 5.40. The molecule has 0 bridgehead atoms. The van der Waals surface area contributed by atoms with Crippen molar-refractivity contribution in [2.24, 2.45) is 0 Å². The molecule has 1 N–H and O–H groups in total. The van der Waals surface area contributed by atoms with Crippen LogP contribution in [0.1, 0.15) is 11.6 Å². The predicted molar refractivity (Wildman–Crippen MR) is 64.2 cm³/mol. The van der Waals surface area contributed by atoms with Gasteiger partial charge in [-0.05, 0) is 17.7 Å². The second-order valence-corrected chi connectivity index (χ2v) is 3.65. The lowest BCUT2D eigenvalue weighted by Gasteiger charge is -2.15. The monoisotopic (exact) mass is 247 g/mol. The van der Waals surface area contributed by atoms with Crippen LogP contribution in [0.4, 0.5) is 0 Å². The second-order valence-electron chi connectivity index (χ2n) is 3.65. The van der Waals surface area contributed by atoms with Gasteiger partial charge in [-0.1, -0.05) is 12.0 Å². The molecule has 1 aliphatic heterocycles. The number of terminal acetylenes is 1. The van der Waals surface area contributed by atoms with Gasteiger partial charge in [-0.3, -0.25) is 5.32 Å². The Hall–Kier alpha value is -2.19. The smallest absolute Gasteiger partial charge is 0.327 e. The highest BCUT2D eigenvalue weighted by Crippen LogP contribution is 2.34. The van der Waals surface area contributed by atoms with Gasteiger partial charge in [-0.15, -0.1) is 6.42 Å². The second kappa shape index (κ2) is 5.43. The normalized spacial score (nSPS) is 13.8. The first-order chi connectivity index (χ1) is 8.76. The van der Waals surface area contributed by atoms with E-state index < -0.39 is 12.0 Å². The van der Waals surface area contributed by atoms with Gasteiger partial charge in [0.2, 0.25) is 6.79 Å². The highest BCUT2D eigenvalue weighted by Gasteiger charge is 2.23. The van der Waals surface area contributed by atoms with Crippen molar-refractivity contribution < 1.29 is 19.0 Å². The molecule has 0 saturated heterocycles. The van der Waals surface area contributed by atoms with Crippen molar-refractivity contribution in [1.29, 1.82) is 0 Å². The van der Waals surface area contributed by atoms with Crippen molar-refractivity contribution in [1.82, 2.24) is 5.32 Å². The lowest BCUT2D eigenvalue weighted by Crippen LogP contribution is -2.29. The first kappa shape index (κ1) is 12.3. The number of esters is 1. The Kier molecular flexibility index (Phi) is 3.70. The third kappa shape index (κ3) is 2.39. The number of rotatable bonds is 4. The zero-order valence-corrected chi connectivity index (χ0v) is 9.93. The van der Waals surface area contributed by atoms with Gasteiger partial charge in [-0.25, -0.2) is 4.79 Å². The summed E-state index contributed by atoms with van der Waals surface area (Å²) in [5.41, 5.74) is 0.723. The maximum absolute atomic E-state index is 11.7. The van der Waals surface area contributed by atoms with Gasteiger partial charge in [0.25, 0.3) is 0 Å². The Morgan fingerprint density at radius 1 is 1.56 bits per heavy atom. The van der Waals surface area contributed by atoms with Crippen molar-refractivity contribution in [3.05, 3.63) is 23.8 Å². The van der Waals surface area contributed by atoms with E-state index in [1.807, 2.05) is 0 Å². The van der Waals surface area contributed by atoms with E-state index in [1.54, 1.807) is 18.2 Å². The first-order valence-electron chi connectivity index (χ1n) is 5.40. The quantitative estimate of drug-likeness (QED) is 0.631. The number of hydrogen-bond donors (Lipinski definition) is 1. The van der Waals surface area contributed by atoms with E-state index in [9.17, 15) is 4.79 Å². The third-order valence-electron chi connectivity index (χ3n) is 2.58. The van der Waals surface area contributed by atoms with Gasteiger partial charge in [0.05, 0.1) is 13.7 Å². The van der Waals surface area contributed by atoms with Crippen molar-refractivity contribution in [2.75, 3.05) is 20.4 Å². The van der Waals surface area contributed by atoms with E-state index in [2.05, 4.69) is 11.2 Å². The summed E-state index contributed by atoms with van der Waals surface area (Å²) in [6.07, 6.45) is 5.18. The van der Waals surface area contributed by atoms with Crippen LogP contribution in [0.5, 0.6) is 11.5 Å². The number of carbonyl (C=O) groups excluding carboxylic acids is 1. The maximum Gasteiger partial charge on any atom is 0.327 e. The van der Waals surface area contributed by atoms with Crippen LogP contribution in [-0.2, 0) is 9.53 Å². The van der Waals surface area contributed by atoms with E-state index in [0.717, 1.165) is 5.56 Å². The van der Waals surface area contributed by atoms with Crippen molar-refractivity contribution in [3.63, 3.8) is 0 Å². The fraction of sp³-hybridized carbons (Fsp3) is 0.308. The summed E-state index contributed by atoms with van der Waals surface area (Å²) in [7, 11) is 1.33. The maximum atomic E-state index is 11.7. The summed E-state index contributed by atoms with van der Waals surface area (Å²) in [6, 6.07) is 4.66. The summed E-state index contributed by atoms with van der Waals surface area (Å²) in [5.74, 6) is 3.31. The molecular formula is C13H13NO4. The van der Waals surface area contributed by atoms with E-state index in [1.165, 1.54) is 7.11 Å². The largest absolute Gasteiger partial charge is 0.468 e. The number of hydrogen-bond acceptors (Lipinski definition) is 5. The summed E-state index contributed by atoms with van der Waals surface area (Å²) in [5, 5.41) is 2.92. The molecule has 5 heteroatoms. The molecule has 1 aromatic carbocycles. The average molecular weight is 247 g/mol. The van der Waals surface area contributed by atoms with Crippen LogP contribution in [0.25, 0.3) is 0 Å². The number of fused-ring (bicyclic) bond motifs is 1. The Balaban J connectivity index is 2.25. The van der Waals surface area contributed by atoms with Gasteiger partial charge in [0.15, 0.2) is 11.5 Å². The molecule has 1 aromatic rings. The average Bonchev–Trinajstić information content (AvgIpc) is 2.86. The molecule has 0 spiro atoms. The number of ether oxygens (including phenoxy) is 3. The van der Waals surface area contributed by atoms with Gasteiger partial charge in [0, 0.05) is 0 Å². The molecule has 0 aliphatic carbocycles. The molecular weight excluding hydrogens is 234 g/mol. The zero-order chi connectivity index (χ0) is 13.0. The molecule has 1 unspecified atom stereocenters. The Morgan fingerprint density at radius 2 is 2.33 bits per heavy atom. The van der Waals surface area contributed by atoms with Crippen LogP contribution in [0, 0.1) is 12.3 Å². The molecule has 0 aromatic heterocycles. The van der Waals surface area contributed by atoms with Crippen LogP contribution in [0.2, 0.25) is 0 Å². The number of benzene rings is 1. The van der Waals surface area contributed by atoms with Crippen LogP contribution in [0.15, 0.2) is 18.2 Å². The lowest BCUT2D eigenvalue weighted by molar-refractivity contribution is -0.143. The number of methoxy groups -OCH3 is 1. The molecule has 0 saturated carbocycles. The fourth-order valence-corrected chi connectivity index (χ4v) is 1.71. The fourth-order valence-electron chi connectivity index (χ4n) is 1.71. The lowest BCUT2D eigenvalue weighted by atomic mass is 10.1. The molecule has 1 heterocycles. The van der Waals surface area contributed by atoms with Crippen molar-refractivity contribution in [3.8, 4) is 23.8 Å². The van der Waals surface area contributed by atoms with E-state index in [4.69, 9.17) is 20.6 Å². The zero-order valence-electron chi connectivity index (χ0n) is 9.93. The molecule has 5 nitrogen and oxygen atoms in total. The highest BCUT2D eigenvalue weighted by atomic mass is 16.7. The molecule has 1 aliphatic rings. The topological polar surface area (TPSA) is 56.8 Å². The minimum atomic E-state index is -0.611. The van der Waals surface area contributed by atoms with E-state index in [0.29, 0.717) is 11.5 Å². The predicted octanol–water partition coefficient (Wildman–Crippen LogP) is 0.852. The Morgan fingerprint density at radius 3 is 3.06 bits per heavy atom. The number of carbonyl (C=O) groups is 1. The Bertz CT molecular complexity index is 492. The molecule has 0 amide bonds. The summed E-state index contributed by atoms with van der Waals surface area (Å²) < 4.78 is 15.2. The molecule has 0 fully saturated rings. The van der Waals surface area contributed by atoms with Gasteiger partial charge in [-0.2, -0.15) is 0 Å². The van der Waals surface area contributed by atoms with E-state index in [-0.39, 0.29) is 13.3 Å². The molecule has 2 rings (SSSR count). The van der Waals surface area contributed by atoms with Crippen LogP contribution in [0.3, 0.4) is 0 Å². The molecule has 18 heavy (non-hydrogen) atoms. The van der Waals surface area contributed by atoms with Crippen LogP contribution in [-0.4, -0.2) is 26.4 Å². The minimum absolute atomic E-state index is 0.194. The standard InChI is InChI=1S/C13H13NO4/c1-3-6-14-12(13(15)16-2)9-4-5-10-11(7-9)18-8-17-10/h1,4-5,7,12,14H,6,8H2,2H3. The molecule has 94 valence electrons. The van der Waals surface area contributed by atoms with Crippen molar-refractivity contribution in [2.45, 2.75) is 6.04 Å². The molecule has 1 atom stereocenters. The SMILES string of the molecule is C#CCNC(C(=O)OC)c1ccc2c(c1)OCO2. The summed E-state index contributed by atoms with van der Waals surface area (Å²) in [6.45, 7) is 0.466. The van der Waals surface area contributed by atoms with Gasteiger partial charge < -0.3 is 14.2 Å². The van der Waals surface area contributed by atoms with Crippen LogP contribution < -0.4 is 14.8 Å². The van der Waals surface area contributed by atoms with Crippen LogP contribution >= 0.6 is 0 Å². The summed E-state index contributed by atoms with van der Waals surface area (Å²) >= 11 is 0. The number of nitrogens with one attached hydrogen (secondary N) is 1. The highest BCUT2D eigenvalue weighted by molar-refractivity contribution is 5.78. The molecule has 0 radical (unpaired) electrons. The third-order valence-corrected chi connectivity index (χ3v) is 2.58. The van der Waals surface area contributed by atoms with E-state index >= 15 is 0 Å². The summed E-state index contributed by atoms with van der Waals surface area (Å²) in [4.78, 5) is 11.7. The van der Waals surface area contributed by atoms with Gasteiger partial charge >= 0.3 is 5.97 Å². The van der Waals surface area contributed by atoms with Gasteiger partial charge in [0.1, 0.15) is 6.04 Å². The Labute approximate surface area is 105 Å². The van der Waals surface area contributed by atoms with Crippen molar-refractivity contribution >= 4 is 5.97 Å². The minimum Gasteiger partial charge on any atom is -0.468 e.